The van der Waals surface area contributed by atoms with E-state index in [0.29, 0.717) is 25.2 Å². The summed E-state index contributed by atoms with van der Waals surface area (Å²) in [7, 11) is -3.57. The van der Waals surface area contributed by atoms with E-state index in [-0.39, 0.29) is 23.3 Å². The highest BCUT2D eigenvalue weighted by Gasteiger charge is 2.34. The molecule has 1 aliphatic heterocycles. The maximum atomic E-state index is 12.8. The summed E-state index contributed by atoms with van der Waals surface area (Å²) in [6, 6.07) is 0.277. The Labute approximate surface area is 126 Å². The summed E-state index contributed by atoms with van der Waals surface area (Å²) in [4.78, 5) is 0. The lowest BCUT2D eigenvalue weighted by Crippen LogP contribution is -2.48. The van der Waals surface area contributed by atoms with Crippen molar-refractivity contribution in [2.75, 3.05) is 13.1 Å². The molecule has 2 rings (SSSR count). The summed E-state index contributed by atoms with van der Waals surface area (Å²) in [6.45, 7) is 8.99. The van der Waals surface area contributed by atoms with Crippen molar-refractivity contribution in [1.82, 2.24) is 19.8 Å². The van der Waals surface area contributed by atoms with Gasteiger partial charge in [-0.1, -0.05) is 13.8 Å². The number of nitrogens with zero attached hydrogens (tertiary/aromatic N) is 2. The highest BCUT2D eigenvalue weighted by molar-refractivity contribution is 7.89. The summed E-state index contributed by atoms with van der Waals surface area (Å²) in [6.07, 6.45) is 1.35. The van der Waals surface area contributed by atoms with Crippen molar-refractivity contribution in [3.63, 3.8) is 0 Å². The third-order valence-corrected chi connectivity index (χ3v) is 5.21. The SMILES string of the molecule is CC(C)NCc1cn[nH]c1S(=O)(=O)N1C[C@@H](C)O[C@@H](C)C1. The number of rotatable bonds is 5. The van der Waals surface area contributed by atoms with Crippen LogP contribution in [0.1, 0.15) is 33.3 Å². The van der Waals surface area contributed by atoms with Gasteiger partial charge in [-0.3, -0.25) is 5.10 Å². The molecule has 0 amide bonds. The van der Waals surface area contributed by atoms with E-state index in [4.69, 9.17) is 4.74 Å². The first kappa shape index (κ1) is 16.4. The number of ether oxygens (including phenoxy) is 1. The van der Waals surface area contributed by atoms with Gasteiger partial charge in [0.2, 0.25) is 0 Å². The molecule has 1 aromatic rings. The van der Waals surface area contributed by atoms with Crippen molar-refractivity contribution in [2.24, 2.45) is 0 Å². The van der Waals surface area contributed by atoms with Gasteiger partial charge in [-0.15, -0.1) is 0 Å². The normalized spacial score (nSPS) is 24.6. The fourth-order valence-corrected chi connectivity index (χ4v) is 4.11. The second-order valence-corrected chi connectivity index (χ2v) is 7.71. The average molecular weight is 316 g/mol. The van der Waals surface area contributed by atoms with Gasteiger partial charge >= 0.3 is 0 Å². The van der Waals surface area contributed by atoms with E-state index in [1.165, 1.54) is 4.31 Å². The van der Waals surface area contributed by atoms with Crippen molar-refractivity contribution in [3.05, 3.63) is 11.8 Å². The number of aromatic amines is 1. The molecule has 2 atom stereocenters. The third kappa shape index (κ3) is 3.82. The van der Waals surface area contributed by atoms with Gasteiger partial charge in [-0.25, -0.2) is 8.42 Å². The van der Waals surface area contributed by atoms with E-state index in [0.717, 1.165) is 0 Å². The van der Waals surface area contributed by atoms with E-state index in [1.807, 2.05) is 27.7 Å². The average Bonchev–Trinajstić information content (AvgIpc) is 2.84. The van der Waals surface area contributed by atoms with Crippen LogP contribution in [0.15, 0.2) is 11.2 Å². The summed E-state index contributed by atoms with van der Waals surface area (Å²) in [5.74, 6) is 0. The lowest BCUT2D eigenvalue weighted by molar-refractivity contribution is -0.0441. The summed E-state index contributed by atoms with van der Waals surface area (Å²) < 4.78 is 32.6. The zero-order valence-corrected chi connectivity index (χ0v) is 13.8. The van der Waals surface area contributed by atoms with Crippen LogP contribution in [0.3, 0.4) is 0 Å². The van der Waals surface area contributed by atoms with Gasteiger partial charge in [0.1, 0.15) is 0 Å². The van der Waals surface area contributed by atoms with Crippen LogP contribution in [0.5, 0.6) is 0 Å². The molecule has 0 radical (unpaired) electrons. The van der Waals surface area contributed by atoms with Crippen LogP contribution in [-0.4, -0.2) is 54.3 Å². The lowest BCUT2D eigenvalue weighted by atomic mass is 10.3. The Bertz CT molecular complexity index is 560. The standard InChI is InChI=1S/C13H24N4O3S/c1-9(2)14-5-12-6-15-16-13(12)21(18,19)17-7-10(3)20-11(4)8-17/h6,9-11,14H,5,7-8H2,1-4H3,(H,15,16)/t10-,11+. The molecule has 0 unspecified atom stereocenters. The molecule has 1 saturated heterocycles. The lowest BCUT2D eigenvalue weighted by Gasteiger charge is -2.34. The molecule has 1 fully saturated rings. The molecule has 2 heterocycles. The Hall–Kier alpha value is -0.960. The molecule has 21 heavy (non-hydrogen) atoms. The third-order valence-electron chi connectivity index (χ3n) is 3.36. The zero-order chi connectivity index (χ0) is 15.6. The molecule has 120 valence electrons. The molecule has 0 saturated carbocycles. The second kappa shape index (κ2) is 6.43. The molecule has 0 aromatic carbocycles. The maximum Gasteiger partial charge on any atom is 0.260 e. The van der Waals surface area contributed by atoms with Crippen molar-refractivity contribution in [1.29, 1.82) is 0 Å². The molecule has 8 heteroatoms. The molecule has 1 aromatic heterocycles. The number of nitrogens with one attached hydrogen (secondary N) is 2. The molecule has 2 N–H and O–H groups in total. The monoisotopic (exact) mass is 316 g/mol. The largest absolute Gasteiger partial charge is 0.373 e. The minimum atomic E-state index is -3.57. The van der Waals surface area contributed by atoms with Gasteiger partial charge in [0.25, 0.3) is 10.0 Å². The molecule has 0 bridgehead atoms. The molecule has 7 nitrogen and oxygen atoms in total. The van der Waals surface area contributed by atoms with Crippen LogP contribution in [0.25, 0.3) is 0 Å². The Morgan fingerprint density at radius 1 is 1.43 bits per heavy atom. The Kier molecular flexibility index (Phi) is 5.03. The van der Waals surface area contributed by atoms with E-state index in [1.54, 1.807) is 6.20 Å². The molecular weight excluding hydrogens is 292 g/mol. The van der Waals surface area contributed by atoms with Gasteiger partial charge in [-0.2, -0.15) is 9.40 Å². The summed E-state index contributed by atoms with van der Waals surface area (Å²) >= 11 is 0. The molecule has 0 spiro atoms. The van der Waals surface area contributed by atoms with Crippen LogP contribution in [-0.2, 0) is 21.3 Å². The van der Waals surface area contributed by atoms with E-state index >= 15 is 0 Å². The Balaban J connectivity index is 2.21. The number of hydrogen-bond donors (Lipinski definition) is 2. The first-order valence-corrected chi connectivity index (χ1v) is 8.66. The highest BCUT2D eigenvalue weighted by atomic mass is 32.2. The fourth-order valence-electron chi connectivity index (χ4n) is 2.42. The quantitative estimate of drug-likeness (QED) is 0.835. The van der Waals surface area contributed by atoms with Gasteiger partial charge in [0, 0.05) is 31.2 Å². The Morgan fingerprint density at radius 2 is 2.05 bits per heavy atom. The predicted molar refractivity (Wildman–Crippen MR) is 79.3 cm³/mol. The van der Waals surface area contributed by atoms with E-state index in [9.17, 15) is 8.42 Å². The van der Waals surface area contributed by atoms with Crippen LogP contribution in [0.2, 0.25) is 0 Å². The molecular formula is C13H24N4O3S. The number of H-pyrrole nitrogens is 1. The summed E-state index contributed by atoms with van der Waals surface area (Å²) in [5.41, 5.74) is 0.662. The second-order valence-electron chi connectivity index (χ2n) is 5.84. The minimum absolute atomic E-state index is 0.108. The topological polar surface area (TPSA) is 87.3 Å². The number of sulfonamides is 1. The minimum Gasteiger partial charge on any atom is -0.373 e. The van der Waals surface area contributed by atoms with Crippen LogP contribution < -0.4 is 5.32 Å². The van der Waals surface area contributed by atoms with Crippen molar-refractivity contribution < 1.29 is 13.2 Å². The van der Waals surface area contributed by atoms with Gasteiger partial charge < -0.3 is 10.1 Å². The zero-order valence-electron chi connectivity index (χ0n) is 13.0. The van der Waals surface area contributed by atoms with Crippen molar-refractivity contribution in [2.45, 2.75) is 57.5 Å². The fraction of sp³-hybridized carbons (Fsp3) is 0.769. The summed E-state index contributed by atoms with van der Waals surface area (Å²) in [5, 5.41) is 9.92. The van der Waals surface area contributed by atoms with Gasteiger partial charge in [0.05, 0.1) is 18.4 Å². The first-order valence-electron chi connectivity index (χ1n) is 7.22. The van der Waals surface area contributed by atoms with Crippen molar-refractivity contribution >= 4 is 10.0 Å². The van der Waals surface area contributed by atoms with E-state index in [2.05, 4.69) is 15.5 Å². The first-order chi connectivity index (χ1) is 9.80. The van der Waals surface area contributed by atoms with Gasteiger partial charge in [-0.05, 0) is 13.8 Å². The van der Waals surface area contributed by atoms with E-state index < -0.39 is 10.0 Å². The van der Waals surface area contributed by atoms with Crippen LogP contribution >= 0.6 is 0 Å². The van der Waals surface area contributed by atoms with Crippen LogP contribution in [0.4, 0.5) is 0 Å². The Morgan fingerprint density at radius 3 is 2.62 bits per heavy atom. The number of morpholine rings is 1. The highest BCUT2D eigenvalue weighted by Crippen LogP contribution is 2.22. The maximum absolute atomic E-state index is 12.8. The smallest absolute Gasteiger partial charge is 0.260 e. The van der Waals surface area contributed by atoms with Gasteiger partial charge in [0.15, 0.2) is 5.03 Å². The molecule has 0 aliphatic carbocycles. The predicted octanol–water partition coefficient (Wildman–Crippen LogP) is 0.706. The number of aromatic nitrogens is 2. The van der Waals surface area contributed by atoms with Crippen molar-refractivity contribution in [3.8, 4) is 0 Å². The number of hydrogen-bond acceptors (Lipinski definition) is 5. The van der Waals surface area contributed by atoms with Crippen LogP contribution in [0, 0.1) is 0 Å². The molecule has 1 aliphatic rings.